The zero-order valence-electron chi connectivity index (χ0n) is 14.2. The van der Waals surface area contributed by atoms with Crippen molar-refractivity contribution in [3.63, 3.8) is 0 Å². The summed E-state index contributed by atoms with van der Waals surface area (Å²) in [7, 11) is 0. The predicted octanol–water partition coefficient (Wildman–Crippen LogP) is 4.87. The van der Waals surface area contributed by atoms with E-state index in [2.05, 4.69) is 4.90 Å². The maximum absolute atomic E-state index is 12.6. The monoisotopic (exact) mass is 405 g/mol. The molecule has 4 nitrogen and oxygen atoms in total. The maximum Gasteiger partial charge on any atom is 0.253 e. The molecule has 7 heteroatoms. The highest BCUT2D eigenvalue weighted by molar-refractivity contribution is 7.22. The number of benzene rings is 2. The van der Waals surface area contributed by atoms with E-state index < -0.39 is 0 Å². The summed E-state index contributed by atoms with van der Waals surface area (Å²) >= 11 is 13.8. The Balaban J connectivity index is 1.47. The van der Waals surface area contributed by atoms with Crippen LogP contribution in [0, 0.1) is 6.92 Å². The van der Waals surface area contributed by atoms with E-state index in [-0.39, 0.29) is 5.91 Å². The molecule has 0 radical (unpaired) electrons. The van der Waals surface area contributed by atoms with Crippen LogP contribution in [0.5, 0.6) is 0 Å². The molecule has 0 saturated carbocycles. The second-order valence-corrected chi connectivity index (χ2v) is 8.15. The van der Waals surface area contributed by atoms with Gasteiger partial charge in [-0.3, -0.25) is 4.79 Å². The second kappa shape index (κ2) is 7.06. The minimum absolute atomic E-state index is 0.0493. The van der Waals surface area contributed by atoms with Gasteiger partial charge >= 0.3 is 0 Å². The zero-order chi connectivity index (χ0) is 18.3. The highest BCUT2D eigenvalue weighted by Crippen LogP contribution is 2.33. The molecule has 2 heterocycles. The van der Waals surface area contributed by atoms with Gasteiger partial charge in [0.15, 0.2) is 5.13 Å². The zero-order valence-corrected chi connectivity index (χ0v) is 16.5. The summed E-state index contributed by atoms with van der Waals surface area (Å²) in [5.74, 6) is 0.0493. The first kappa shape index (κ1) is 17.6. The van der Waals surface area contributed by atoms with Gasteiger partial charge in [0.1, 0.15) is 0 Å². The number of carbonyl (C=O) groups excluding carboxylic acids is 1. The third kappa shape index (κ3) is 3.27. The van der Waals surface area contributed by atoms with Gasteiger partial charge in [0.25, 0.3) is 5.91 Å². The van der Waals surface area contributed by atoms with Crippen LogP contribution in [-0.4, -0.2) is 42.0 Å². The summed E-state index contributed by atoms with van der Waals surface area (Å²) in [5.41, 5.74) is 2.66. The Morgan fingerprint density at radius 3 is 2.42 bits per heavy atom. The van der Waals surface area contributed by atoms with Crippen LogP contribution in [0.25, 0.3) is 10.2 Å². The number of amides is 1. The third-order valence-corrected chi connectivity index (χ3v) is 6.41. The Morgan fingerprint density at radius 2 is 1.73 bits per heavy atom. The van der Waals surface area contributed by atoms with Gasteiger partial charge in [-0.15, -0.1) is 0 Å². The fraction of sp³-hybridized carbons (Fsp3) is 0.263. The van der Waals surface area contributed by atoms with Crippen molar-refractivity contribution in [1.29, 1.82) is 0 Å². The van der Waals surface area contributed by atoms with Gasteiger partial charge < -0.3 is 9.80 Å². The number of hydrogen-bond acceptors (Lipinski definition) is 4. The van der Waals surface area contributed by atoms with Crippen LogP contribution in [0.15, 0.2) is 36.4 Å². The molecule has 1 amide bonds. The molecule has 4 rings (SSSR count). The van der Waals surface area contributed by atoms with Crippen LogP contribution >= 0.6 is 34.5 Å². The second-order valence-electron chi connectivity index (χ2n) is 6.30. The van der Waals surface area contributed by atoms with Crippen LogP contribution in [0.3, 0.4) is 0 Å². The Hall–Kier alpha value is -1.82. The molecule has 0 aliphatic carbocycles. The summed E-state index contributed by atoms with van der Waals surface area (Å²) in [6.45, 7) is 4.89. The average Bonchev–Trinajstić information content (AvgIpc) is 3.10. The van der Waals surface area contributed by atoms with E-state index in [0.29, 0.717) is 23.7 Å². The standard InChI is InChI=1S/C19H17Cl2N3OS/c1-12-15(21)6-7-16-17(12)22-19(26-16)24-10-8-23(9-11-24)18(25)13-2-4-14(20)5-3-13/h2-7H,8-11H2,1H3. The van der Waals surface area contributed by atoms with Crippen molar-refractivity contribution in [2.24, 2.45) is 0 Å². The third-order valence-electron chi connectivity index (χ3n) is 4.67. The highest BCUT2D eigenvalue weighted by Gasteiger charge is 2.24. The topological polar surface area (TPSA) is 36.4 Å². The molecule has 1 saturated heterocycles. The summed E-state index contributed by atoms with van der Waals surface area (Å²) in [5, 5.41) is 2.37. The molecule has 1 aliphatic rings. The molecular weight excluding hydrogens is 389 g/mol. The fourth-order valence-electron chi connectivity index (χ4n) is 3.10. The number of hydrogen-bond donors (Lipinski definition) is 0. The fourth-order valence-corrected chi connectivity index (χ4v) is 4.46. The Kier molecular flexibility index (Phi) is 4.78. The molecule has 0 atom stereocenters. The number of nitrogens with zero attached hydrogens (tertiary/aromatic N) is 3. The number of carbonyl (C=O) groups is 1. The summed E-state index contributed by atoms with van der Waals surface area (Å²) < 4.78 is 1.14. The van der Waals surface area contributed by atoms with Gasteiger partial charge in [0.2, 0.25) is 0 Å². The first-order valence-corrected chi connectivity index (χ1v) is 9.95. The summed E-state index contributed by atoms with van der Waals surface area (Å²) in [4.78, 5) is 21.5. The van der Waals surface area contributed by atoms with Crippen molar-refractivity contribution in [3.8, 4) is 0 Å². The van der Waals surface area contributed by atoms with Crippen molar-refractivity contribution in [2.45, 2.75) is 6.92 Å². The van der Waals surface area contributed by atoms with E-state index in [1.54, 1.807) is 35.6 Å². The van der Waals surface area contributed by atoms with E-state index in [0.717, 1.165) is 39.0 Å². The quantitative estimate of drug-likeness (QED) is 0.609. The maximum atomic E-state index is 12.6. The van der Waals surface area contributed by atoms with E-state index in [9.17, 15) is 4.79 Å². The van der Waals surface area contributed by atoms with Crippen molar-refractivity contribution in [2.75, 3.05) is 31.1 Å². The smallest absolute Gasteiger partial charge is 0.253 e. The molecule has 0 bridgehead atoms. The van der Waals surface area contributed by atoms with Gasteiger partial charge in [-0.1, -0.05) is 34.5 Å². The molecule has 0 N–H and O–H groups in total. The van der Waals surface area contributed by atoms with Crippen LogP contribution in [-0.2, 0) is 0 Å². The molecule has 0 unspecified atom stereocenters. The number of halogens is 2. The predicted molar refractivity (Wildman–Crippen MR) is 109 cm³/mol. The van der Waals surface area contributed by atoms with E-state index in [1.807, 2.05) is 24.0 Å². The lowest BCUT2D eigenvalue weighted by atomic mass is 10.2. The van der Waals surface area contributed by atoms with Crippen molar-refractivity contribution >= 4 is 55.8 Å². The molecule has 26 heavy (non-hydrogen) atoms. The van der Waals surface area contributed by atoms with Crippen LogP contribution < -0.4 is 4.90 Å². The van der Waals surface area contributed by atoms with Crippen LogP contribution in [0.1, 0.15) is 15.9 Å². The van der Waals surface area contributed by atoms with Crippen molar-refractivity contribution in [1.82, 2.24) is 9.88 Å². The summed E-state index contributed by atoms with van der Waals surface area (Å²) in [6.07, 6.45) is 0. The molecule has 1 aliphatic heterocycles. The molecular formula is C19H17Cl2N3OS. The molecule has 3 aromatic rings. The Morgan fingerprint density at radius 1 is 1.04 bits per heavy atom. The lowest BCUT2D eigenvalue weighted by Gasteiger charge is -2.34. The number of fused-ring (bicyclic) bond motifs is 1. The number of piperazine rings is 1. The molecule has 1 aromatic heterocycles. The number of aromatic nitrogens is 1. The number of anilines is 1. The number of thiazole rings is 1. The first-order valence-electron chi connectivity index (χ1n) is 8.38. The molecule has 0 spiro atoms. The average molecular weight is 406 g/mol. The number of rotatable bonds is 2. The molecule has 1 fully saturated rings. The summed E-state index contributed by atoms with van der Waals surface area (Å²) in [6, 6.07) is 11.0. The van der Waals surface area contributed by atoms with Gasteiger partial charge in [-0.25, -0.2) is 4.98 Å². The highest BCUT2D eigenvalue weighted by atomic mass is 35.5. The van der Waals surface area contributed by atoms with E-state index in [4.69, 9.17) is 28.2 Å². The van der Waals surface area contributed by atoms with E-state index >= 15 is 0 Å². The van der Waals surface area contributed by atoms with Gasteiger partial charge in [0.05, 0.1) is 10.2 Å². The molecule has 134 valence electrons. The van der Waals surface area contributed by atoms with Crippen LogP contribution in [0.4, 0.5) is 5.13 Å². The SMILES string of the molecule is Cc1c(Cl)ccc2sc(N3CCN(C(=O)c4ccc(Cl)cc4)CC3)nc12. The van der Waals surface area contributed by atoms with Crippen molar-refractivity contribution < 1.29 is 4.79 Å². The Labute approximate surface area is 166 Å². The normalized spacial score (nSPS) is 14.9. The largest absolute Gasteiger partial charge is 0.345 e. The number of aryl methyl sites for hydroxylation is 1. The Bertz CT molecular complexity index is 963. The molecule has 2 aromatic carbocycles. The van der Waals surface area contributed by atoms with Gasteiger partial charge in [-0.2, -0.15) is 0 Å². The minimum atomic E-state index is 0.0493. The van der Waals surface area contributed by atoms with E-state index in [1.165, 1.54) is 0 Å². The lowest BCUT2D eigenvalue weighted by Crippen LogP contribution is -2.48. The van der Waals surface area contributed by atoms with Crippen LogP contribution in [0.2, 0.25) is 10.0 Å². The van der Waals surface area contributed by atoms with Gasteiger partial charge in [0, 0.05) is 41.8 Å². The first-order chi connectivity index (χ1) is 12.5. The lowest BCUT2D eigenvalue weighted by molar-refractivity contribution is 0.0747. The minimum Gasteiger partial charge on any atom is -0.345 e. The van der Waals surface area contributed by atoms with Crippen molar-refractivity contribution in [3.05, 3.63) is 57.6 Å². The van der Waals surface area contributed by atoms with Gasteiger partial charge in [-0.05, 0) is 48.9 Å².